The van der Waals surface area contributed by atoms with E-state index < -0.39 is 5.92 Å². The van der Waals surface area contributed by atoms with Crippen molar-refractivity contribution in [2.24, 2.45) is 0 Å². The molecule has 3 N–H and O–H groups in total. The van der Waals surface area contributed by atoms with Crippen LogP contribution in [0.25, 0.3) is 5.69 Å². The number of Topliss-reactive ketones (excluding diaryl/α,β-unsaturated/α-hetero) is 1. The zero-order valence-electron chi connectivity index (χ0n) is 17.9. The van der Waals surface area contributed by atoms with Crippen LogP contribution in [-0.2, 0) is 4.79 Å². The molecule has 4 aromatic rings. The quantitative estimate of drug-likeness (QED) is 0.352. The molecule has 0 bridgehead atoms. The highest BCUT2D eigenvalue weighted by Gasteiger charge is 2.42. The number of allylic oxidation sites excluding steroid dienone is 2. The molecule has 3 heterocycles. The molecule has 2 aromatic heterocycles. The highest BCUT2D eigenvalue weighted by atomic mass is 35.5. The van der Waals surface area contributed by atoms with Crippen molar-refractivity contribution < 1.29 is 9.90 Å². The Balaban J connectivity index is 1.56. The predicted molar refractivity (Wildman–Crippen MR) is 133 cm³/mol. The monoisotopic (exact) mass is 489 g/mol. The van der Waals surface area contributed by atoms with Crippen LogP contribution in [0.15, 0.2) is 82.1 Å². The van der Waals surface area contributed by atoms with Crippen molar-refractivity contribution in [2.75, 3.05) is 5.32 Å². The highest BCUT2D eigenvalue weighted by molar-refractivity contribution is 7.10. The average molecular weight is 490 g/mol. The van der Waals surface area contributed by atoms with Crippen LogP contribution in [0.3, 0.4) is 0 Å². The van der Waals surface area contributed by atoms with E-state index in [0.717, 1.165) is 10.6 Å². The molecular weight excluding hydrogens is 470 g/mol. The fourth-order valence-corrected chi connectivity index (χ4v) is 6.05. The molecule has 0 saturated carbocycles. The van der Waals surface area contributed by atoms with Crippen molar-refractivity contribution in [3.63, 3.8) is 0 Å². The Morgan fingerprint density at radius 1 is 1.03 bits per heavy atom. The van der Waals surface area contributed by atoms with Gasteiger partial charge in [0.25, 0.3) is 5.56 Å². The molecule has 6 nitrogen and oxygen atoms in total. The number of rotatable bonds is 3. The van der Waals surface area contributed by atoms with Crippen LogP contribution >= 0.6 is 22.9 Å². The Bertz CT molecular complexity index is 1500. The number of H-pyrrole nitrogens is 1. The molecule has 8 heteroatoms. The Kier molecular flexibility index (Phi) is 4.97. The fourth-order valence-electron chi connectivity index (χ4n) is 5.04. The average Bonchev–Trinajstić information content (AvgIpc) is 3.49. The van der Waals surface area contributed by atoms with Gasteiger partial charge >= 0.3 is 0 Å². The number of phenolic OH excluding ortho intramolecular Hbond substituents is 1. The number of ketones is 1. The maximum Gasteiger partial charge on any atom is 0.277 e. The van der Waals surface area contributed by atoms with Gasteiger partial charge < -0.3 is 10.4 Å². The first kappa shape index (κ1) is 21.0. The molecule has 2 aliphatic rings. The van der Waals surface area contributed by atoms with Crippen LogP contribution in [-0.4, -0.2) is 20.7 Å². The van der Waals surface area contributed by atoms with Crippen LogP contribution in [0.5, 0.6) is 5.75 Å². The summed E-state index contributed by atoms with van der Waals surface area (Å²) >= 11 is 7.93. The zero-order valence-corrected chi connectivity index (χ0v) is 19.5. The van der Waals surface area contributed by atoms with E-state index in [0.29, 0.717) is 46.1 Å². The molecule has 0 fully saturated rings. The van der Waals surface area contributed by atoms with Gasteiger partial charge in [-0.25, -0.2) is 4.68 Å². The molecule has 0 unspecified atom stereocenters. The summed E-state index contributed by atoms with van der Waals surface area (Å²) in [7, 11) is 0. The topological polar surface area (TPSA) is 87.1 Å². The number of nitrogens with zero attached hydrogens (tertiary/aromatic N) is 1. The van der Waals surface area contributed by atoms with Crippen molar-refractivity contribution in [2.45, 2.75) is 24.7 Å². The summed E-state index contributed by atoms with van der Waals surface area (Å²) in [5.41, 5.74) is 2.53. The first-order valence-corrected chi connectivity index (χ1v) is 12.2. The maximum absolute atomic E-state index is 13.7. The third kappa shape index (κ3) is 3.31. The molecule has 1 aliphatic heterocycles. The predicted octanol–water partition coefficient (Wildman–Crippen LogP) is 5.54. The fraction of sp³-hybridized carbons (Fsp3) is 0.154. The van der Waals surface area contributed by atoms with Gasteiger partial charge in [0.15, 0.2) is 5.78 Å². The van der Waals surface area contributed by atoms with Gasteiger partial charge in [-0.2, -0.15) is 0 Å². The second kappa shape index (κ2) is 8.04. The molecule has 6 rings (SSSR count). The van der Waals surface area contributed by atoms with Crippen LogP contribution in [0, 0.1) is 0 Å². The lowest BCUT2D eigenvalue weighted by molar-refractivity contribution is -0.116. The van der Waals surface area contributed by atoms with E-state index in [2.05, 4.69) is 16.5 Å². The lowest BCUT2D eigenvalue weighted by Gasteiger charge is -2.34. The Morgan fingerprint density at radius 3 is 2.62 bits per heavy atom. The van der Waals surface area contributed by atoms with Gasteiger partial charge in [-0.15, -0.1) is 11.3 Å². The lowest BCUT2D eigenvalue weighted by Crippen LogP contribution is -2.31. The van der Waals surface area contributed by atoms with Gasteiger partial charge in [0.2, 0.25) is 0 Å². The summed E-state index contributed by atoms with van der Waals surface area (Å²) < 4.78 is 1.46. The molecule has 0 amide bonds. The number of anilines is 1. The summed E-state index contributed by atoms with van der Waals surface area (Å²) in [5, 5.41) is 19.8. The van der Waals surface area contributed by atoms with E-state index in [1.165, 1.54) is 10.7 Å². The number of benzene rings is 2. The van der Waals surface area contributed by atoms with Crippen molar-refractivity contribution in [1.82, 2.24) is 9.78 Å². The third-order valence-electron chi connectivity index (χ3n) is 6.55. The molecular formula is C26H20ClN3O3S. The normalized spacial score (nSPS) is 19.5. The number of aromatic nitrogens is 2. The molecule has 0 spiro atoms. The number of aromatic amines is 1. The minimum atomic E-state index is -0.726. The third-order valence-corrected chi connectivity index (χ3v) is 7.82. The van der Waals surface area contributed by atoms with Gasteiger partial charge in [0, 0.05) is 39.1 Å². The number of fused-ring (bicyclic) bond motifs is 1. The lowest BCUT2D eigenvalue weighted by atomic mass is 9.73. The summed E-state index contributed by atoms with van der Waals surface area (Å²) in [5.74, 6) is -0.174. The number of halogens is 1. The zero-order chi connectivity index (χ0) is 23.4. The number of hydrogen-bond donors (Lipinski definition) is 3. The molecule has 2 aromatic carbocycles. The highest BCUT2D eigenvalue weighted by Crippen LogP contribution is 2.49. The minimum absolute atomic E-state index is 0.00542. The summed E-state index contributed by atoms with van der Waals surface area (Å²) in [4.78, 5) is 28.4. The van der Waals surface area contributed by atoms with E-state index in [4.69, 9.17) is 11.6 Å². The van der Waals surface area contributed by atoms with Crippen molar-refractivity contribution in [3.8, 4) is 11.4 Å². The van der Waals surface area contributed by atoms with Gasteiger partial charge in [-0.3, -0.25) is 14.7 Å². The number of nitrogens with one attached hydrogen (secondary N) is 2. The SMILES string of the molecule is O=C1C[C@@H](c2cccs2)CC2=C1[C@@H](c1cc(Cl)ccc1O)c1c([nH]n(-c3ccccc3)c1=O)N2. The second-order valence-electron chi connectivity index (χ2n) is 8.57. The number of carbonyl (C=O) groups is 1. The van der Waals surface area contributed by atoms with E-state index in [1.807, 2.05) is 41.8 Å². The number of carbonyl (C=O) groups excluding carboxylic acids is 1. The van der Waals surface area contributed by atoms with Gasteiger partial charge in [-0.1, -0.05) is 35.9 Å². The molecule has 0 radical (unpaired) electrons. The maximum atomic E-state index is 13.7. The molecule has 34 heavy (non-hydrogen) atoms. The molecule has 0 saturated heterocycles. The molecule has 170 valence electrons. The first-order chi connectivity index (χ1) is 16.5. The largest absolute Gasteiger partial charge is 0.508 e. The smallest absolute Gasteiger partial charge is 0.277 e. The van der Waals surface area contributed by atoms with Gasteiger partial charge in [0.1, 0.15) is 11.6 Å². The first-order valence-electron chi connectivity index (χ1n) is 11.0. The Hall–Kier alpha value is -3.55. The van der Waals surface area contributed by atoms with Crippen LogP contribution in [0.1, 0.15) is 40.7 Å². The van der Waals surface area contributed by atoms with Crippen molar-refractivity contribution in [3.05, 3.63) is 109 Å². The van der Waals surface area contributed by atoms with Crippen molar-refractivity contribution in [1.29, 1.82) is 0 Å². The van der Waals surface area contributed by atoms with E-state index in [1.54, 1.807) is 23.5 Å². The molecule has 2 atom stereocenters. The Labute approximate surface area is 204 Å². The van der Waals surface area contributed by atoms with Gasteiger partial charge in [-0.05, 0) is 48.2 Å². The van der Waals surface area contributed by atoms with E-state index in [9.17, 15) is 14.7 Å². The minimum Gasteiger partial charge on any atom is -0.508 e. The standard InChI is InChI=1S/C26H20ClN3O3S/c27-15-8-9-19(31)17(13-15)22-23-18(11-14(12-20(23)32)21-7-4-10-34-21)28-25-24(22)26(33)30(29-25)16-5-2-1-3-6-16/h1-10,13-14,22,28-29,31H,11-12H2/t14-,22+/m0/s1. The van der Waals surface area contributed by atoms with Crippen molar-refractivity contribution >= 4 is 34.5 Å². The van der Waals surface area contributed by atoms with E-state index >= 15 is 0 Å². The summed E-state index contributed by atoms with van der Waals surface area (Å²) in [6.07, 6.45) is 0.989. The number of hydrogen-bond acceptors (Lipinski definition) is 5. The number of thiophene rings is 1. The van der Waals surface area contributed by atoms with E-state index in [-0.39, 0.29) is 23.0 Å². The second-order valence-corrected chi connectivity index (χ2v) is 9.99. The van der Waals surface area contributed by atoms with Gasteiger partial charge in [0.05, 0.1) is 17.2 Å². The van der Waals surface area contributed by atoms with Crippen LogP contribution in [0.4, 0.5) is 5.82 Å². The van der Waals surface area contributed by atoms with Crippen LogP contribution < -0.4 is 10.9 Å². The number of para-hydroxylation sites is 1. The van der Waals surface area contributed by atoms with Crippen LogP contribution in [0.2, 0.25) is 5.02 Å². The summed E-state index contributed by atoms with van der Waals surface area (Å²) in [6.45, 7) is 0. The Morgan fingerprint density at radius 2 is 1.85 bits per heavy atom. The molecule has 1 aliphatic carbocycles. The number of aromatic hydroxyl groups is 1. The summed E-state index contributed by atoms with van der Waals surface area (Å²) in [6, 6.07) is 18.0. The number of phenols is 1.